The van der Waals surface area contributed by atoms with Gasteiger partial charge in [0.1, 0.15) is 0 Å². The highest BCUT2D eigenvalue weighted by Crippen LogP contribution is 2.26. The third kappa shape index (κ3) is 4.77. The summed E-state index contributed by atoms with van der Waals surface area (Å²) in [6.45, 7) is 4.33. The van der Waals surface area contributed by atoms with Gasteiger partial charge in [-0.25, -0.2) is 4.79 Å². The van der Waals surface area contributed by atoms with Crippen LogP contribution in [-0.2, 0) is 11.3 Å². The second-order valence-corrected chi connectivity index (χ2v) is 5.66. The van der Waals surface area contributed by atoms with Crippen molar-refractivity contribution in [2.45, 2.75) is 26.4 Å². The molecule has 1 amide bonds. The van der Waals surface area contributed by atoms with Crippen molar-refractivity contribution in [3.8, 4) is 0 Å². The first-order valence-corrected chi connectivity index (χ1v) is 7.83. The first-order valence-electron chi connectivity index (χ1n) is 7.83. The van der Waals surface area contributed by atoms with E-state index in [-0.39, 0.29) is 16.7 Å². The maximum Gasteiger partial charge on any atom is 0.411 e. The molecule has 2 aromatic rings. The lowest BCUT2D eigenvalue weighted by atomic mass is 10.0. The number of rotatable bonds is 6. The number of nitro benzene ring substituents is 1. The summed E-state index contributed by atoms with van der Waals surface area (Å²) in [5, 5.41) is 17.0. The zero-order valence-corrected chi connectivity index (χ0v) is 14.4. The predicted molar refractivity (Wildman–Crippen MR) is 95.6 cm³/mol. The average Bonchev–Trinajstić information content (AvgIpc) is 2.60. The van der Waals surface area contributed by atoms with Crippen molar-refractivity contribution in [3.05, 3.63) is 69.3 Å². The Morgan fingerprint density at radius 3 is 2.52 bits per heavy atom. The van der Waals surface area contributed by atoms with Crippen LogP contribution in [0.25, 0.3) is 0 Å². The Morgan fingerprint density at radius 1 is 1.24 bits per heavy atom. The lowest BCUT2D eigenvalue weighted by molar-refractivity contribution is -0.385. The van der Waals surface area contributed by atoms with Crippen LogP contribution in [0.15, 0.2) is 42.5 Å². The molecule has 7 nitrogen and oxygen atoms in total. The van der Waals surface area contributed by atoms with Crippen molar-refractivity contribution in [1.29, 1.82) is 0 Å². The summed E-state index contributed by atoms with van der Waals surface area (Å²) in [4.78, 5) is 21.8. The molecule has 0 saturated heterocycles. The van der Waals surface area contributed by atoms with E-state index in [4.69, 9.17) is 0 Å². The third-order valence-corrected chi connectivity index (χ3v) is 4.01. The molecule has 1 atom stereocenters. The molecular formula is C18H21N3O4. The highest BCUT2D eigenvalue weighted by Gasteiger charge is 2.16. The quantitative estimate of drug-likeness (QED) is 0.612. The van der Waals surface area contributed by atoms with Gasteiger partial charge >= 0.3 is 6.09 Å². The van der Waals surface area contributed by atoms with Crippen molar-refractivity contribution in [3.63, 3.8) is 0 Å². The zero-order valence-electron chi connectivity index (χ0n) is 14.4. The predicted octanol–water partition coefficient (Wildman–Crippen LogP) is 3.93. The fraction of sp³-hybridized carbons (Fsp3) is 0.278. The number of hydrogen-bond donors (Lipinski definition) is 2. The summed E-state index contributed by atoms with van der Waals surface area (Å²) in [5.41, 5.74) is 3.39. The summed E-state index contributed by atoms with van der Waals surface area (Å²) in [6, 6.07) is 12.4. The average molecular weight is 343 g/mol. The summed E-state index contributed by atoms with van der Waals surface area (Å²) in [7, 11) is 1.31. The Balaban J connectivity index is 2.00. The van der Waals surface area contributed by atoms with Gasteiger partial charge in [0.2, 0.25) is 0 Å². The fourth-order valence-corrected chi connectivity index (χ4v) is 2.56. The van der Waals surface area contributed by atoms with Crippen LogP contribution in [0.4, 0.5) is 16.2 Å². The van der Waals surface area contributed by atoms with Gasteiger partial charge in [-0.3, -0.25) is 15.4 Å². The normalized spacial score (nSPS) is 11.6. The number of nitrogens with zero attached hydrogens (tertiary/aromatic N) is 1. The van der Waals surface area contributed by atoms with Crippen LogP contribution in [0.2, 0.25) is 0 Å². The van der Waals surface area contributed by atoms with Crippen molar-refractivity contribution < 1.29 is 14.5 Å². The fourth-order valence-electron chi connectivity index (χ4n) is 2.56. The monoisotopic (exact) mass is 343 g/mol. The molecule has 25 heavy (non-hydrogen) atoms. The molecule has 0 bridgehead atoms. The van der Waals surface area contributed by atoms with Crippen LogP contribution < -0.4 is 10.6 Å². The number of nitro groups is 1. The molecule has 0 aliphatic heterocycles. The van der Waals surface area contributed by atoms with Gasteiger partial charge < -0.3 is 10.1 Å². The minimum Gasteiger partial charge on any atom is -0.453 e. The summed E-state index contributed by atoms with van der Waals surface area (Å²) < 4.78 is 4.54. The summed E-state index contributed by atoms with van der Waals surface area (Å²) >= 11 is 0. The van der Waals surface area contributed by atoms with Gasteiger partial charge in [-0.2, -0.15) is 0 Å². The molecule has 2 N–H and O–H groups in total. The molecule has 2 aromatic carbocycles. The van der Waals surface area contributed by atoms with Crippen LogP contribution in [0, 0.1) is 17.0 Å². The van der Waals surface area contributed by atoms with Gasteiger partial charge in [-0.05, 0) is 37.1 Å². The van der Waals surface area contributed by atoms with Gasteiger partial charge in [0.25, 0.3) is 5.69 Å². The molecule has 0 saturated carbocycles. The van der Waals surface area contributed by atoms with Crippen LogP contribution >= 0.6 is 0 Å². The van der Waals surface area contributed by atoms with Crippen LogP contribution in [0.5, 0.6) is 0 Å². The molecular weight excluding hydrogens is 322 g/mol. The van der Waals surface area contributed by atoms with Crippen molar-refractivity contribution in [2.75, 3.05) is 12.4 Å². The van der Waals surface area contributed by atoms with Gasteiger partial charge in [-0.1, -0.05) is 24.3 Å². The Hall–Kier alpha value is -2.93. The van der Waals surface area contributed by atoms with E-state index in [9.17, 15) is 14.9 Å². The molecule has 0 fully saturated rings. The second-order valence-electron chi connectivity index (χ2n) is 5.66. The molecule has 132 valence electrons. The number of benzene rings is 2. The third-order valence-electron chi connectivity index (χ3n) is 4.01. The molecule has 0 aliphatic rings. The van der Waals surface area contributed by atoms with Gasteiger partial charge in [0.15, 0.2) is 0 Å². The Morgan fingerprint density at radius 2 is 1.92 bits per heavy atom. The Kier molecular flexibility index (Phi) is 6.08. The van der Waals surface area contributed by atoms with E-state index in [0.717, 1.165) is 11.1 Å². The number of carbonyl (C=O) groups excluding carboxylic acids is 1. The first-order chi connectivity index (χ1) is 11.9. The van der Waals surface area contributed by atoms with Gasteiger partial charge in [0.05, 0.1) is 12.0 Å². The molecule has 7 heteroatoms. The highest BCUT2D eigenvalue weighted by atomic mass is 16.6. The highest BCUT2D eigenvalue weighted by molar-refractivity contribution is 5.84. The number of ether oxygens (including phenoxy) is 1. The van der Waals surface area contributed by atoms with Gasteiger partial charge in [0, 0.05) is 29.9 Å². The van der Waals surface area contributed by atoms with Crippen LogP contribution in [-0.4, -0.2) is 18.1 Å². The van der Waals surface area contributed by atoms with Crippen molar-refractivity contribution in [2.24, 2.45) is 0 Å². The lowest BCUT2D eigenvalue weighted by Gasteiger charge is -2.17. The molecule has 0 radical (unpaired) electrons. The number of carbonyl (C=O) groups is 1. The Bertz CT molecular complexity index is 759. The van der Waals surface area contributed by atoms with Gasteiger partial charge in [-0.15, -0.1) is 0 Å². The molecule has 0 aromatic heterocycles. The largest absolute Gasteiger partial charge is 0.453 e. The number of nitrogens with one attached hydrogen (secondary N) is 2. The zero-order chi connectivity index (χ0) is 18.4. The SMILES string of the molecule is COC(=O)Nc1ccc(CN[C@H](C)c2cccc([N+](=O)[O-])c2C)cc1. The molecule has 0 spiro atoms. The number of amides is 1. The maximum atomic E-state index is 11.2. The Labute approximate surface area is 146 Å². The van der Waals surface area contributed by atoms with E-state index >= 15 is 0 Å². The second kappa shape index (κ2) is 8.25. The van der Waals surface area contributed by atoms with E-state index in [0.29, 0.717) is 17.8 Å². The van der Waals surface area contributed by atoms with E-state index in [1.54, 1.807) is 25.1 Å². The smallest absolute Gasteiger partial charge is 0.411 e. The standard InChI is InChI=1S/C18H21N3O4/c1-12-16(5-4-6-17(12)21(23)24)13(2)19-11-14-7-9-15(10-8-14)20-18(22)25-3/h4-10,13,19H,11H2,1-3H3,(H,20,22)/t13-/m1/s1. The van der Waals surface area contributed by atoms with E-state index in [1.807, 2.05) is 25.1 Å². The summed E-state index contributed by atoms with van der Waals surface area (Å²) in [5.74, 6) is 0. The minimum atomic E-state index is -0.513. The lowest BCUT2D eigenvalue weighted by Crippen LogP contribution is -2.19. The van der Waals surface area contributed by atoms with Crippen LogP contribution in [0.1, 0.15) is 29.7 Å². The molecule has 0 heterocycles. The van der Waals surface area contributed by atoms with Crippen molar-refractivity contribution >= 4 is 17.5 Å². The molecule has 0 unspecified atom stereocenters. The van der Waals surface area contributed by atoms with E-state index < -0.39 is 6.09 Å². The summed E-state index contributed by atoms with van der Waals surface area (Å²) in [6.07, 6.45) is -0.513. The van der Waals surface area contributed by atoms with E-state index in [2.05, 4.69) is 15.4 Å². The van der Waals surface area contributed by atoms with Crippen molar-refractivity contribution in [1.82, 2.24) is 5.32 Å². The topological polar surface area (TPSA) is 93.5 Å². The van der Waals surface area contributed by atoms with Crippen LogP contribution in [0.3, 0.4) is 0 Å². The van der Waals surface area contributed by atoms with E-state index in [1.165, 1.54) is 13.2 Å². The number of anilines is 1. The number of hydrogen-bond acceptors (Lipinski definition) is 5. The minimum absolute atomic E-state index is 0.0345. The molecule has 2 rings (SSSR count). The maximum absolute atomic E-state index is 11.2. The first kappa shape index (κ1) is 18.4. The number of methoxy groups -OCH3 is 1. The molecule has 0 aliphatic carbocycles.